The van der Waals surface area contributed by atoms with Gasteiger partial charge in [-0.15, -0.1) is 0 Å². The minimum atomic E-state index is -0.0569. The molecule has 0 saturated carbocycles. The van der Waals surface area contributed by atoms with Crippen LogP contribution in [0.5, 0.6) is 46.0 Å². The average molecular weight is 595 g/mol. The molecule has 4 heterocycles. The molecule has 0 radical (unpaired) electrons. The number of hydrogen-bond acceptors (Lipinski definition) is 8. The molecule has 0 spiro atoms. The van der Waals surface area contributed by atoms with Gasteiger partial charge < -0.3 is 29.2 Å². The van der Waals surface area contributed by atoms with Crippen LogP contribution >= 0.6 is 0 Å². The first-order chi connectivity index (χ1) is 21.3. The Balaban J connectivity index is 1.43. The van der Waals surface area contributed by atoms with E-state index in [4.69, 9.17) is 18.9 Å². The van der Waals surface area contributed by atoms with Crippen LogP contribution in [-0.4, -0.2) is 61.4 Å². The van der Waals surface area contributed by atoms with Crippen molar-refractivity contribution in [1.29, 1.82) is 0 Å². The van der Waals surface area contributed by atoms with Gasteiger partial charge in [0.1, 0.15) is 5.75 Å². The summed E-state index contributed by atoms with van der Waals surface area (Å²) in [6.45, 7) is 1.65. The zero-order chi connectivity index (χ0) is 30.5. The fraction of sp³-hybridized carbons (Fsp3) is 0.333. The third-order valence-corrected chi connectivity index (χ3v) is 9.48. The van der Waals surface area contributed by atoms with E-state index in [9.17, 15) is 10.2 Å². The summed E-state index contributed by atoms with van der Waals surface area (Å²) in [6.07, 6.45) is 2.97. The predicted molar refractivity (Wildman–Crippen MR) is 168 cm³/mol. The molecule has 8 rings (SSSR count). The maximum atomic E-state index is 11.4. The number of aromatic hydroxyl groups is 2. The normalized spacial score (nSPS) is 19.6. The number of rotatable bonds is 2. The third kappa shape index (κ3) is 4.98. The second-order valence-corrected chi connectivity index (χ2v) is 12.1. The molecule has 0 saturated heterocycles. The lowest BCUT2D eigenvalue weighted by molar-refractivity contribution is 0.224. The first-order valence-corrected chi connectivity index (χ1v) is 15.1. The lowest BCUT2D eigenvalue weighted by atomic mass is 9.87. The van der Waals surface area contributed by atoms with Crippen LogP contribution in [-0.2, 0) is 25.7 Å². The third-order valence-electron chi connectivity index (χ3n) is 9.48. The minimum absolute atomic E-state index is 0.0244. The largest absolute Gasteiger partial charge is 0.504 e. The molecule has 4 aromatic rings. The van der Waals surface area contributed by atoms with Gasteiger partial charge in [-0.3, -0.25) is 9.80 Å². The molecule has 2 N–H and O–H groups in total. The van der Waals surface area contributed by atoms with Gasteiger partial charge in [0.05, 0.1) is 14.2 Å². The number of phenols is 2. The zero-order valence-electron chi connectivity index (χ0n) is 25.6. The van der Waals surface area contributed by atoms with Gasteiger partial charge in [0.25, 0.3) is 0 Å². The van der Waals surface area contributed by atoms with Crippen LogP contribution in [0.3, 0.4) is 0 Å². The maximum absolute atomic E-state index is 11.4. The van der Waals surface area contributed by atoms with Crippen LogP contribution in [0, 0.1) is 0 Å². The van der Waals surface area contributed by atoms with E-state index in [0.29, 0.717) is 35.2 Å². The fourth-order valence-electron chi connectivity index (χ4n) is 6.95. The monoisotopic (exact) mass is 594 g/mol. The van der Waals surface area contributed by atoms with Crippen molar-refractivity contribution < 1.29 is 29.2 Å². The van der Waals surface area contributed by atoms with E-state index in [0.717, 1.165) is 71.5 Å². The molecule has 0 amide bonds. The van der Waals surface area contributed by atoms with Crippen molar-refractivity contribution in [1.82, 2.24) is 9.80 Å². The Bertz CT molecular complexity index is 1720. The van der Waals surface area contributed by atoms with Crippen LogP contribution in [0.2, 0.25) is 0 Å². The number of likely N-dealkylation sites (N-methyl/N-ethyl adjacent to an activating group) is 2. The lowest BCUT2D eigenvalue weighted by Gasteiger charge is -2.36. The minimum Gasteiger partial charge on any atom is -0.504 e. The van der Waals surface area contributed by atoms with Gasteiger partial charge in [-0.1, -0.05) is 18.2 Å². The molecule has 44 heavy (non-hydrogen) atoms. The number of ether oxygens (including phenoxy) is 4. The molecule has 228 valence electrons. The van der Waals surface area contributed by atoms with Crippen molar-refractivity contribution in [2.45, 2.75) is 37.8 Å². The molecule has 4 aliphatic rings. The molecule has 0 aliphatic carbocycles. The van der Waals surface area contributed by atoms with Crippen LogP contribution < -0.4 is 18.9 Å². The molecular formula is C36H38N2O6. The molecule has 10 bridgehead atoms. The number of phenolic OH excluding ortho intramolecular Hbond substituents is 2. The van der Waals surface area contributed by atoms with E-state index in [1.54, 1.807) is 14.2 Å². The second-order valence-electron chi connectivity index (χ2n) is 12.1. The molecule has 2 atom stereocenters. The van der Waals surface area contributed by atoms with Gasteiger partial charge in [0, 0.05) is 30.7 Å². The summed E-state index contributed by atoms with van der Waals surface area (Å²) >= 11 is 0. The smallest absolute Gasteiger partial charge is 0.201 e. The summed E-state index contributed by atoms with van der Waals surface area (Å²) in [5, 5.41) is 22.6. The van der Waals surface area contributed by atoms with Crippen molar-refractivity contribution >= 4 is 0 Å². The summed E-state index contributed by atoms with van der Waals surface area (Å²) in [5.41, 5.74) is 6.40. The van der Waals surface area contributed by atoms with E-state index < -0.39 is 0 Å². The van der Waals surface area contributed by atoms with Crippen LogP contribution in [0.1, 0.15) is 45.5 Å². The Morgan fingerprint density at radius 2 is 1.39 bits per heavy atom. The van der Waals surface area contributed by atoms with Crippen LogP contribution in [0.4, 0.5) is 0 Å². The summed E-state index contributed by atoms with van der Waals surface area (Å²) < 4.78 is 24.2. The summed E-state index contributed by atoms with van der Waals surface area (Å²) in [6, 6.07) is 20.0. The Morgan fingerprint density at radius 3 is 2.14 bits per heavy atom. The Hall–Kier alpha value is -4.40. The van der Waals surface area contributed by atoms with E-state index in [2.05, 4.69) is 48.2 Å². The zero-order valence-corrected chi connectivity index (χ0v) is 25.6. The molecule has 8 nitrogen and oxygen atoms in total. The summed E-state index contributed by atoms with van der Waals surface area (Å²) in [7, 11) is 7.45. The molecule has 4 aromatic carbocycles. The van der Waals surface area contributed by atoms with Crippen LogP contribution in [0.25, 0.3) is 0 Å². The molecule has 8 heteroatoms. The topological polar surface area (TPSA) is 83.9 Å². The fourth-order valence-corrected chi connectivity index (χ4v) is 6.95. The molecule has 0 fully saturated rings. The second kappa shape index (κ2) is 11.3. The average Bonchev–Trinajstić information content (AvgIpc) is 3.02. The van der Waals surface area contributed by atoms with Gasteiger partial charge in [-0.05, 0) is 110 Å². The van der Waals surface area contributed by atoms with Crippen molar-refractivity contribution in [2.24, 2.45) is 0 Å². The Labute approximate surface area is 258 Å². The number of nitrogens with zero attached hydrogens (tertiary/aromatic N) is 2. The standard InChI is InChI=1S/C36H38N2O6/c1-37-13-11-23-18-30(39)32-19-26(23)28(37)16-22-7-10-31(41-3)33(17-22)43-24-8-5-21(6-9-24)15-29-27-20-34(42-4)35(40)36(44-32)25(27)12-14-38(29)2/h5-10,17-20,28-29,39-40H,11-16H2,1-4H3. The quantitative estimate of drug-likeness (QED) is 0.270. The highest BCUT2D eigenvalue weighted by Crippen LogP contribution is 2.50. The predicted octanol–water partition coefficient (Wildman–Crippen LogP) is 6.56. The van der Waals surface area contributed by atoms with E-state index in [1.807, 2.05) is 36.4 Å². The highest BCUT2D eigenvalue weighted by molar-refractivity contribution is 5.62. The number of hydrogen-bond donors (Lipinski definition) is 2. The summed E-state index contributed by atoms with van der Waals surface area (Å²) in [4.78, 5) is 4.66. The lowest BCUT2D eigenvalue weighted by Crippen LogP contribution is -2.34. The van der Waals surface area contributed by atoms with Crippen molar-refractivity contribution in [3.8, 4) is 46.0 Å². The number of benzene rings is 4. The highest BCUT2D eigenvalue weighted by Gasteiger charge is 2.33. The molecule has 0 aromatic heterocycles. The van der Waals surface area contributed by atoms with Crippen molar-refractivity contribution in [3.63, 3.8) is 0 Å². The molecule has 2 unspecified atom stereocenters. The maximum Gasteiger partial charge on any atom is 0.201 e. The number of fused-ring (bicyclic) bond motifs is 2. The van der Waals surface area contributed by atoms with Gasteiger partial charge in [-0.2, -0.15) is 0 Å². The van der Waals surface area contributed by atoms with Crippen LogP contribution in [0.15, 0.2) is 60.7 Å². The Kier molecular flexibility index (Phi) is 7.26. The van der Waals surface area contributed by atoms with Gasteiger partial charge in [0.15, 0.2) is 34.5 Å². The van der Waals surface area contributed by atoms with Crippen molar-refractivity contribution in [3.05, 3.63) is 94.0 Å². The van der Waals surface area contributed by atoms with Gasteiger partial charge >= 0.3 is 0 Å². The summed E-state index contributed by atoms with van der Waals surface area (Å²) in [5.74, 6) is 3.08. The highest BCUT2D eigenvalue weighted by atomic mass is 16.5. The first-order valence-electron chi connectivity index (χ1n) is 15.1. The SMILES string of the molecule is COc1ccc2cc1Oc1ccc(cc1)CC1c3cc(OC)c(O)c(c3CCN1C)Oc1cc3c(cc1O)CCN(C)C3C2. The van der Waals surface area contributed by atoms with E-state index in [1.165, 1.54) is 0 Å². The molecule has 4 aliphatic heterocycles. The van der Waals surface area contributed by atoms with Gasteiger partial charge in [0.2, 0.25) is 5.75 Å². The van der Waals surface area contributed by atoms with Gasteiger partial charge in [-0.25, -0.2) is 0 Å². The number of methoxy groups -OCH3 is 2. The Morgan fingerprint density at radius 1 is 0.705 bits per heavy atom. The van der Waals surface area contributed by atoms with Crippen molar-refractivity contribution in [2.75, 3.05) is 41.4 Å². The van der Waals surface area contributed by atoms with E-state index in [-0.39, 0.29) is 23.6 Å². The molecular weight excluding hydrogens is 556 g/mol. The van der Waals surface area contributed by atoms with E-state index >= 15 is 0 Å². The first kappa shape index (κ1) is 28.4.